The summed E-state index contributed by atoms with van der Waals surface area (Å²) in [6.45, 7) is 7.78. The molecule has 1 saturated carbocycles. The maximum atomic E-state index is 9.56. The first-order valence-corrected chi connectivity index (χ1v) is 5.40. The minimum Gasteiger partial charge on any atom is -0.392 e. The van der Waals surface area contributed by atoms with Crippen LogP contribution >= 0.6 is 0 Å². The van der Waals surface area contributed by atoms with Gasteiger partial charge < -0.3 is 10.4 Å². The van der Waals surface area contributed by atoms with E-state index in [1.807, 2.05) is 0 Å². The van der Waals surface area contributed by atoms with E-state index in [1.165, 1.54) is 12.8 Å². The van der Waals surface area contributed by atoms with Crippen molar-refractivity contribution >= 4 is 0 Å². The number of hydrogen-bond donors (Lipinski definition) is 2. The Bertz CT molecular complexity index is 151. The highest BCUT2D eigenvalue weighted by Crippen LogP contribution is 2.20. The summed E-state index contributed by atoms with van der Waals surface area (Å²) in [5.74, 6) is 0. The molecular weight excluding hydrogens is 162 g/mol. The van der Waals surface area contributed by atoms with E-state index in [1.54, 1.807) is 0 Å². The van der Waals surface area contributed by atoms with Crippen LogP contribution in [0.2, 0.25) is 0 Å². The lowest BCUT2D eigenvalue weighted by molar-refractivity contribution is 0.147. The fourth-order valence-electron chi connectivity index (χ4n) is 1.81. The Kier molecular flexibility index (Phi) is 3.74. The van der Waals surface area contributed by atoms with Crippen molar-refractivity contribution in [3.8, 4) is 0 Å². The van der Waals surface area contributed by atoms with Crippen LogP contribution in [-0.4, -0.2) is 23.8 Å². The average molecular weight is 185 g/mol. The van der Waals surface area contributed by atoms with Crippen molar-refractivity contribution in [2.45, 2.75) is 58.6 Å². The molecule has 0 bridgehead atoms. The van der Waals surface area contributed by atoms with Crippen molar-refractivity contribution in [3.05, 3.63) is 0 Å². The van der Waals surface area contributed by atoms with Crippen LogP contribution in [0.1, 0.15) is 46.5 Å². The summed E-state index contributed by atoms with van der Waals surface area (Å²) in [5.41, 5.74) is 0.399. The molecule has 13 heavy (non-hydrogen) atoms. The molecule has 2 nitrogen and oxygen atoms in total. The number of rotatable bonds is 3. The molecule has 0 spiro atoms. The first-order chi connectivity index (χ1) is 5.99. The second-order valence-electron chi connectivity index (χ2n) is 5.37. The fourth-order valence-corrected chi connectivity index (χ4v) is 1.81. The summed E-state index contributed by atoms with van der Waals surface area (Å²) in [6.07, 6.45) is 4.38. The monoisotopic (exact) mass is 185 g/mol. The van der Waals surface area contributed by atoms with E-state index in [4.69, 9.17) is 0 Å². The largest absolute Gasteiger partial charge is 0.392 e. The van der Waals surface area contributed by atoms with Gasteiger partial charge in [-0.25, -0.2) is 0 Å². The maximum Gasteiger partial charge on any atom is 0.0693 e. The Morgan fingerprint density at radius 2 is 2.00 bits per heavy atom. The molecule has 1 rings (SSSR count). The average Bonchev–Trinajstić information content (AvgIpc) is 2.34. The summed E-state index contributed by atoms with van der Waals surface area (Å²) in [5, 5.41) is 13.0. The van der Waals surface area contributed by atoms with Crippen LogP contribution in [-0.2, 0) is 0 Å². The van der Waals surface area contributed by atoms with Gasteiger partial charge in [0.25, 0.3) is 0 Å². The lowest BCUT2D eigenvalue weighted by atomic mass is 9.92. The lowest BCUT2D eigenvalue weighted by Crippen LogP contribution is -2.37. The molecule has 2 atom stereocenters. The number of aliphatic hydroxyl groups excluding tert-OH is 1. The Balaban J connectivity index is 2.12. The molecule has 0 aliphatic heterocycles. The molecule has 0 radical (unpaired) electrons. The number of hydrogen-bond acceptors (Lipinski definition) is 2. The van der Waals surface area contributed by atoms with Gasteiger partial charge in [0.2, 0.25) is 0 Å². The van der Waals surface area contributed by atoms with Crippen molar-refractivity contribution in [2.24, 2.45) is 5.41 Å². The quantitative estimate of drug-likeness (QED) is 0.704. The Hall–Kier alpha value is -0.0800. The molecule has 0 heterocycles. The van der Waals surface area contributed by atoms with Gasteiger partial charge in [-0.1, -0.05) is 20.8 Å². The topological polar surface area (TPSA) is 32.3 Å². The molecule has 2 unspecified atom stereocenters. The first-order valence-electron chi connectivity index (χ1n) is 5.40. The van der Waals surface area contributed by atoms with Gasteiger partial charge in [0.05, 0.1) is 6.10 Å². The van der Waals surface area contributed by atoms with E-state index in [-0.39, 0.29) is 6.10 Å². The van der Waals surface area contributed by atoms with Crippen molar-refractivity contribution in [1.82, 2.24) is 5.32 Å². The van der Waals surface area contributed by atoms with Crippen molar-refractivity contribution < 1.29 is 5.11 Å². The zero-order valence-electron chi connectivity index (χ0n) is 9.14. The van der Waals surface area contributed by atoms with Gasteiger partial charge >= 0.3 is 0 Å². The van der Waals surface area contributed by atoms with Crippen LogP contribution in [0.5, 0.6) is 0 Å². The zero-order chi connectivity index (χ0) is 9.90. The summed E-state index contributed by atoms with van der Waals surface area (Å²) in [4.78, 5) is 0. The Morgan fingerprint density at radius 3 is 2.46 bits per heavy atom. The molecule has 2 N–H and O–H groups in total. The van der Waals surface area contributed by atoms with E-state index in [0.717, 1.165) is 19.4 Å². The molecular formula is C11H23NO. The van der Waals surface area contributed by atoms with Crippen LogP contribution in [0.3, 0.4) is 0 Å². The third kappa shape index (κ3) is 4.10. The van der Waals surface area contributed by atoms with Gasteiger partial charge in [0.15, 0.2) is 0 Å². The molecule has 78 valence electrons. The third-order valence-corrected chi connectivity index (χ3v) is 2.76. The number of aliphatic hydroxyl groups is 1. The molecule has 1 aliphatic rings. The SMILES string of the molecule is CC(C)(C)CCNC1CCCC1O. The normalized spacial score (nSPS) is 29.5. The molecule has 0 aromatic rings. The Morgan fingerprint density at radius 1 is 1.31 bits per heavy atom. The first kappa shape index (κ1) is 11.0. The van der Waals surface area contributed by atoms with Gasteiger partial charge in [-0.2, -0.15) is 0 Å². The van der Waals surface area contributed by atoms with Gasteiger partial charge in [-0.05, 0) is 37.6 Å². The van der Waals surface area contributed by atoms with Crippen molar-refractivity contribution in [3.63, 3.8) is 0 Å². The van der Waals surface area contributed by atoms with Crippen molar-refractivity contribution in [1.29, 1.82) is 0 Å². The van der Waals surface area contributed by atoms with Gasteiger partial charge in [-0.3, -0.25) is 0 Å². The summed E-state index contributed by atoms with van der Waals surface area (Å²) >= 11 is 0. The lowest BCUT2D eigenvalue weighted by Gasteiger charge is -2.21. The standard InChI is InChI=1S/C11H23NO/c1-11(2,3)7-8-12-9-5-4-6-10(9)13/h9-10,12-13H,4-8H2,1-3H3. The van der Waals surface area contributed by atoms with E-state index < -0.39 is 0 Å². The van der Waals surface area contributed by atoms with Gasteiger partial charge in [0, 0.05) is 6.04 Å². The second-order valence-corrected chi connectivity index (χ2v) is 5.37. The molecule has 0 amide bonds. The van der Waals surface area contributed by atoms with Gasteiger partial charge in [-0.15, -0.1) is 0 Å². The third-order valence-electron chi connectivity index (χ3n) is 2.76. The zero-order valence-corrected chi connectivity index (χ0v) is 9.14. The fraction of sp³-hybridized carbons (Fsp3) is 1.00. The highest BCUT2D eigenvalue weighted by Gasteiger charge is 2.24. The summed E-state index contributed by atoms with van der Waals surface area (Å²) < 4.78 is 0. The highest BCUT2D eigenvalue weighted by molar-refractivity contribution is 4.82. The van der Waals surface area contributed by atoms with Crippen molar-refractivity contribution in [2.75, 3.05) is 6.54 Å². The van der Waals surface area contributed by atoms with Crippen LogP contribution < -0.4 is 5.32 Å². The Labute approximate surface area is 81.7 Å². The minimum atomic E-state index is -0.0973. The second kappa shape index (κ2) is 4.43. The van der Waals surface area contributed by atoms with Crippen LogP contribution in [0, 0.1) is 5.41 Å². The van der Waals surface area contributed by atoms with Crippen LogP contribution in [0.4, 0.5) is 0 Å². The summed E-state index contributed by atoms with van der Waals surface area (Å²) in [6, 6.07) is 0.363. The maximum absolute atomic E-state index is 9.56. The van der Waals surface area contributed by atoms with Gasteiger partial charge in [0.1, 0.15) is 0 Å². The highest BCUT2D eigenvalue weighted by atomic mass is 16.3. The van der Waals surface area contributed by atoms with Crippen LogP contribution in [0.15, 0.2) is 0 Å². The summed E-state index contributed by atoms with van der Waals surface area (Å²) in [7, 11) is 0. The molecule has 0 aromatic carbocycles. The van der Waals surface area contributed by atoms with E-state index in [0.29, 0.717) is 11.5 Å². The smallest absolute Gasteiger partial charge is 0.0693 e. The predicted octanol–water partition coefficient (Wildman–Crippen LogP) is 1.93. The van der Waals surface area contributed by atoms with E-state index in [9.17, 15) is 5.11 Å². The number of nitrogens with one attached hydrogen (secondary N) is 1. The molecule has 1 fully saturated rings. The van der Waals surface area contributed by atoms with E-state index >= 15 is 0 Å². The van der Waals surface area contributed by atoms with E-state index in [2.05, 4.69) is 26.1 Å². The molecule has 1 aliphatic carbocycles. The minimum absolute atomic E-state index is 0.0973. The predicted molar refractivity (Wildman–Crippen MR) is 55.7 cm³/mol. The molecule has 0 saturated heterocycles. The molecule has 2 heteroatoms. The molecule has 0 aromatic heterocycles. The van der Waals surface area contributed by atoms with Crippen LogP contribution in [0.25, 0.3) is 0 Å².